The van der Waals surface area contributed by atoms with Crippen molar-refractivity contribution in [1.29, 1.82) is 0 Å². The number of nitrogens with zero attached hydrogens (tertiary/aromatic N) is 3. The van der Waals surface area contributed by atoms with Crippen LogP contribution < -0.4 is 10.6 Å². The van der Waals surface area contributed by atoms with Crippen LogP contribution in [0.2, 0.25) is 0 Å². The Bertz CT molecular complexity index is 1370. The van der Waals surface area contributed by atoms with Crippen LogP contribution in [0.3, 0.4) is 0 Å². The summed E-state index contributed by atoms with van der Waals surface area (Å²) in [5.41, 5.74) is -1.29. The van der Waals surface area contributed by atoms with E-state index in [0.29, 0.717) is 45.2 Å². The molecule has 0 spiro atoms. The predicted octanol–water partition coefficient (Wildman–Crippen LogP) is 4.77. The summed E-state index contributed by atoms with van der Waals surface area (Å²) in [5.74, 6) is -1.70. The normalized spacial score (nSPS) is 23.6. The summed E-state index contributed by atoms with van der Waals surface area (Å²) in [6.07, 6.45) is 14.6. The molecule has 0 aromatic heterocycles. The lowest BCUT2D eigenvalue weighted by molar-refractivity contribution is -0.148. The van der Waals surface area contributed by atoms with Crippen LogP contribution in [0.5, 0.6) is 0 Å². The Hall–Kier alpha value is -3.71. The number of likely N-dealkylation sites (tertiary alicyclic amines) is 2. The first-order chi connectivity index (χ1) is 25.6. The number of likely N-dealkylation sites (N-methyl/N-ethyl adjacent to an activating group) is 1. The number of piperidine rings is 1. The zero-order valence-electron chi connectivity index (χ0n) is 34.1. The number of rotatable bonds is 18. The average molecular weight is 758 g/mol. The van der Waals surface area contributed by atoms with Crippen molar-refractivity contribution in [1.82, 2.24) is 25.3 Å². The second-order valence-electron chi connectivity index (χ2n) is 15.8. The average Bonchev–Trinajstić information content (AvgIpc) is 3.48. The molecule has 2 saturated heterocycles. The molecule has 1 aliphatic carbocycles. The van der Waals surface area contributed by atoms with E-state index in [0.717, 1.165) is 12.8 Å². The van der Waals surface area contributed by atoms with Crippen LogP contribution in [0.25, 0.3) is 0 Å². The molecule has 8 atom stereocenters. The van der Waals surface area contributed by atoms with Gasteiger partial charge in [-0.25, -0.2) is 4.79 Å². The first kappa shape index (κ1) is 44.7. The van der Waals surface area contributed by atoms with Crippen molar-refractivity contribution >= 4 is 29.7 Å². The third-order valence-electron chi connectivity index (χ3n) is 11.9. The standard InChI is InChI=1S/C41H67N5O8/c1-10-28(4)35(44(7)38(49)34(27(2)3)43-39(50)41(6)22-15-16-25-46(41)40(51)52)32(53-8)26-33(47)45-24-17-20-31(45)36(54-9)29(5)37(48)42-23-21-30-18-13-11-12-14-19-30/h11-14,18-19,27-32,34-36H,10,15-17,20-26H2,1-9H3,(H,42,48)(H,43,50)(H,51,52)/t28-,29+,31-,32-,34-,35-,36+,41-/m0/s1. The molecule has 13 nitrogen and oxygen atoms in total. The highest BCUT2D eigenvalue weighted by atomic mass is 16.5. The molecule has 0 aromatic rings. The number of carbonyl (C=O) groups excluding carboxylic acids is 4. The first-order valence-electron chi connectivity index (χ1n) is 19.8. The molecule has 304 valence electrons. The highest BCUT2D eigenvalue weighted by molar-refractivity contribution is 5.94. The van der Waals surface area contributed by atoms with Gasteiger partial charge in [-0.2, -0.15) is 0 Å². The summed E-state index contributed by atoms with van der Waals surface area (Å²) in [5, 5.41) is 15.8. The first-order valence-corrected chi connectivity index (χ1v) is 19.8. The van der Waals surface area contributed by atoms with Crippen molar-refractivity contribution in [3.05, 3.63) is 36.5 Å². The smallest absolute Gasteiger partial charge is 0.408 e. The topological polar surface area (TPSA) is 158 Å². The molecule has 13 heteroatoms. The van der Waals surface area contributed by atoms with E-state index in [1.54, 1.807) is 33.1 Å². The quantitative estimate of drug-likeness (QED) is 0.181. The largest absolute Gasteiger partial charge is 0.465 e. The number of hydrogen-bond donors (Lipinski definition) is 3. The molecule has 0 bridgehead atoms. The fraction of sp³-hybridized carbons (Fsp3) is 0.732. The molecular formula is C41H67N5O8. The van der Waals surface area contributed by atoms with Crippen molar-refractivity contribution in [3.8, 4) is 0 Å². The molecule has 3 aliphatic rings. The molecule has 0 aromatic carbocycles. The molecule has 3 rings (SSSR count). The molecule has 5 amide bonds. The van der Waals surface area contributed by atoms with Gasteiger partial charge in [0, 0.05) is 40.9 Å². The Morgan fingerprint density at radius 3 is 2.20 bits per heavy atom. The fourth-order valence-corrected chi connectivity index (χ4v) is 8.32. The second kappa shape index (κ2) is 20.8. The number of carboxylic acid groups (broad SMARTS) is 1. The van der Waals surface area contributed by atoms with Gasteiger partial charge in [0.25, 0.3) is 0 Å². The molecule has 0 radical (unpaired) electrons. The molecule has 2 heterocycles. The minimum Gasteiger partial charge on any atom is -0.465 e. The molecule has 3 N–H and O–H groups in total. The molecule has 2 fully saturated rings. The Kier molecular flexibility index (Phi) is 17.2. The number of carbonyl (C=O) groups is 5. The van der Waals surface area contributed by atoms with Gasteiger partial charge in [0.05, 0.1) is 36.6 Å². The minimum atomic E-state index is -1.29. The SMILES string of the molecule is CC[C@H](C)[C@@H]([C@H](CC(=O)N1CCC[C@H]1[C@H](OC)[C@@H](C)C(=O)NCCC1C=CC=CC=C1)OC)N(C)C(=O)[C@@H](NC(=O)[C@]1(C)CCCCN1C(=O)O)C(C)C. The van der Waals surface area contributed by atoms with Gasteiger partial charge in [0.1, 0.15) is 11.6 Å². The Balaban J connectivity index is 1.73. The van der Waals surface area contributed by atoms with E-state index in [4.69, 9.17) is 9.47 Å². The van der Waals surface area contributed by atoms with E-state index in [-0.39, 0.29) is 54.5 Å². The number of nitrogens with one attached hydrogen (secondary N) is 2. The van der Waals surface area contributed by atoms with E-state index >= 15 is 0 Å². The summed E-state index contributed by atoms with van der Waals surface area (Å²) >= 11 is 0. The Morgan fingerprint density at radius 1 is 0.963 bits per heavy atom. The second-order valence-corrected chi connectivity index (χ2v) is 15.8. The van der Waals surface area contributed by atoms with Crippen LogP contribution in [0.1, 0.15) is 92.9 Å². The Morgan fingerprint density at radius 2 is 1.63 bits per heavy atom. The van der Waals surface area contributed by atoms with Gasteiger partial charge < -0.3 is 35.0 Å². The lowest BCUT2D eigenvalue weighted by atomic mass is 9.86. The lowest BCUT2D eigenvalue weighted by Gasteiger charge is -2.43. The summed E-state index contributed by atoms with van der Waals surface area (Å²) in [6, 6.07) is -1.73. The van der Waals surface area contributed by atoms with Gasteiger partial charge in [0.2, 0.25) is 23.6 Å². The predicted molar refractivity (Wildman–Crippen MR) is 208 cm³/mol. The van der Waals surface area contributed by atoms with Crippen molar-refractivity contribution in [2.75, 3.05) is 40.9 Å². The van der Waals surface area contributed by atoms with Crippen LogP contribution in [0, 0.1) is 23.7 Å². The number of amides is 5. The van der Waals surface area contributed by atoms with Crippen molar-refractivity contribution in [2.24, 2.45) is 23.7 Å². The monoisotopic (exact) mass is 757 g/mol. The third kappa shape index (κ3) is 11.0. The van der Waals surface area contributed by atoms with E-state index in [1.165, 1.54) is 4.90 Å². The van der Waals surface area contributed by atoms with E-state index in [1.807, 2.05) is 63.8 Å². The number of allylic oxidation sites excluding steroid dienone is 6. The molecule has 2 aliphatic heterocycles. The Labute approximate surface area is 322 Å². The summed E-state index contributed by atoms with van der Waals surface area (Å²) in [4.78, 5) is 72.2. The van der Waals surface area contributed by atoms with Crippen molar-refractivity contribution in [3.63, 3.8) is 0 Å². The molecular weight excluding hydrogens is 690 g/mol. The van der Waals surface area contributed by atoms with Crippen LogP contribution in [0.15, 0.2) is 36.5 Å². The van der Waals surface area contributed by atoms with Gasteiger partial charge in [0.15, 0.2) is 0 Å². The minimum absolute atomic E-state index is 0.0122. The maximum Gasteiger partial charge on any atom is 0.408 e. The van der Waals surface area contributed by atoms with E-state index < -0.39 is 47.7 Å². The van der Waals surface area contributed by atoms with Crippen molar-refractivity contribution in [2.45, 2.75) is 129 Å². The van der Waals surface area contributed by atoms with Crippen molar-refractivity contribution < 1.29 is 38.6 Å². The van der Waals surface area contributed by atoms with Crippen LogP contribution in [-0.4, -0.2) is 126 Å². The number of ether oxygens (including phenoxy) is 2. The van der Waals surface area contributed by atoms with E-state index in [9.17, 15) is 29.1 Å². The fourth-order valence-electron chi connectivity index (χ4n) is 8.32. The number of methoxy groups -OCH3 is 2. The molecule has 54 heavy (non-hydrogen) atoms. The zero-order valence-corrected chi connectivity index (χ0v) is 34.1. The summed E-state index contributed by atoms with van der Waals surface area (Å²) in [6.45, 7) is 12.5. The number of hydrogen-bond acceptors (Lipinski definition) is 7. The van der Waals surface area contributed by atoms with Gasteiger partial charge in [-0.1, -0.05) is 77.5 Å². The third-order valence-corrected chi connectivity index (χ3v) is 11.9. The molecule has 0 unspecified atom stereocenters. The maximum absolute atomic E-state index is 14.3. The molecule has 0 saturated carbocycles. The highest BCUT2D eigenvalue weighted by Crippen LogP contribution is 2.31. The zero-order chi connectivity index (χ0) is 40.2. The lowest BCUT2D eigenvalue weighted by Crippen LogP contribution is -2.64. The summed E-state index contributed by atoms with van der Waals surface area (Å²) in [7, 11) is 4.81. The highest BCUT2D eigenvalue weighted by Gasteiger charge is 2.47. The summed E-state index contributed by atoms with van der Waals surface area (Å²) < 4.78 is 11.9. The van der Waals surface area contributed by atoms with Gasteiger partial charge >= 0.3 is 6.09 Å². The van der Waals surface area contributed by atoms with Crippen LogP contribution in [-0.2, 0) is 28.7 Å². The van der Waals surface area contributed by atoms with Gasteiger partial charge in [-0.05, 0) is 63.2 Å². The van der Waals surface area contributed by atoms with Gasteiger partial charge in [-0.3, -0.25) is 24.1 Å². The van der Waals surface area contributed by atoms with E-state index in [2.05, 4.69) is 22.8 Å². The van der Waals surface area contributed by atoms with Crippen LogP contribution in [0.4, 0.5) is 4.79 Å². The van der Waals surface area contributed by atoms with Gasteiger partial charge in [-0.15, -0.1) is 0 Å². The maximum atomic E-state index is 14.3. The van der Waals surface area contributed by atoms with Crippen LogP contribution >= 0.6 is 0 Å².